The molecule has 0 radical (unpaired) electrons. The molecule has 0 saturated heterocycles. The van der Waals surface area contributed by atoms with Crippen LogP contribution in [-0.4, -0.2) is 18.6 Å². The van der Waals surface area contributed by atoms with Crippen LogP contribution >= 0.6 is 0 Å². The Labute approximate surface area is 77.9 Å². The van der Waals surface area contributed by atoms with Gasteiger partial charge in [0.25, 0.3) is 0 Å². The van der Waals surface area contributed by atoms with Crippen LogP contribution in [0.15, 0.2) is 31.0 Å². The molecular weight excluding hydrogens is 162 g/mol. The molecule has 1 aromatic rings. The molecule has 0 aliphatic rings. The first kappa shape index (κ1) is 9.27. The van der Waals surface area contributed by atoms with Crippen LogP contribution in [0.25, 0.3) is 0 Å². The summed E-state index contributed by atoms with van der Waals surface area (Å²) >= 11 is 0. The minimum Gasteiger partial charge on any atom is -0.355 e. The summed E-state index contributed by atoms with van der Waals surface area (Å²) in [6, 6.07) is 5.60. The van der Waals surface area contributed by atoms with E-state index >= 15 is 0 Å². The zero-order chi connectivity index (χ0) is 9.68. The maximum absolute atomic E-state index is 8.79. The van der Waals surface area contributed by atoms with Gasteiger partial charge in [-0.2, -0.15) is 5.26 Å². The summed E-state index contributed by atoms with van der Waals surface area (Å²) in [7, 11) is 1.88. The SMILES string of the molecule is C=CCN(C)c1ncccc1C#N. The van der Waals surface area contributed by atoms with Gasteiger partial charge < -0.3 is 4.90 Å². The van der Waals surface area contributed by atoms with Gasteiger partial charge in [0.15, 0.2) is 0 Å². The van der Waals surface area contributed by atoms with Crippen molar-refractivity contribution in [2.24, 2.45) is 0 Å². The molecule has 0 unspecified atom stereocenters. The fourth-order valence-corrected chi connectivity index (χ4v) is 1.07. The van der Waals surface area contributed by atoms with Crippen LogP contribution in [0, 0.1) is 11.3 Å². The first-order valence-electron chi connectivity index (χ1n) is 3.96. The van der Waals surface area contributed by atoms with E-state index in [-0.39, 0.29) is 0 Å². The van der Waals surface area contributed by atoms with Crippen molar-refractivity contribution >= 4 is 5.82 Å². The second-order valence-electron chi connectivity index (χ2n) is 2.66. The number of rotatable bonds is 3. The standard InChI is InChI=1S/C10H11N3/c1-3-7-13(2)10-9(8-11)5-4-6-12-10/h3-6H,1,7H2,2H3. The Kier molecular flexibility index (Phi) is 3.04. The van der Waals surface area contributed by atoms with E-state index in [1.807, 2.05) is 11.9 Å². The molecule has 66 valence electrons. The van der Waals surface area contributed by atoms with Gasteiger partial charge in [-0.25, -0.2) is 4.98 Å². The molecule has 0 bridgehead atoms. The van der Waals surface area contributed by atoms with Crippen LogP contribution in [0.5, 0.6) is 0 Å². The van der Waals surface area contributed by atoms with E-state index < -0.39 is 0 Å². The predicted octanol–water partition coefficient (Wildman–Crippen LogP) is 1.58. The van der Waals surface area contributed by atoms with Crippen molar-refractivity contribution in [3.05, 3.63) is 36.5 Å². The summed E-state index contributed by atoms with van der Waals surface area (Å²) in [6.45, 7) is 4.32. The molecular formula is C10H11N3. The third-order valence-corrected chi connectivity index (χ3v) is 1.67. The molecule has 0 aliphatic heterocycles. The normalized spacial score (nSPS) is 8.92. The zero-order valence-electron chi connectivity index (χ0n) is 7.57. The lowest BCUT2D eigenvalue weighted by molar-refractivity contribution is 0.987. The average molecular weight is 173 g/mol. The molecule has 0 aromatic carbocycles. The van der Waals surface area contributed by atoms with Crippen molar-refractivity contribution in [3.63, 3.8) is 0 Å². The van der Waals surface area contributed by atoms with Crippen LogP contribution in [0.4, 0.5) is 5.82 Å². The van der Waals surface area contributed by atoms with Crippen LogP contribution in [-0.2, 0) is 0 Å². The molecule has 1 rings (SSSR count). The summed E-state index contributed by atoms with van der Waals surface area (Å²) in [5.41, 5.74) is 0.590. The lowest BCUT2D eigenvalue weighted by Crippen LogP contribution is -2.18. The van der Waals surface area contributed by atoms with E-state index in [1.54, 1.807) is 24.4 Å². The van der Waals surface area contributed by atoms with Gasteiger partial charge in [-0.3, -0.25) is 0 Å². The number of aromatic nitrogens is 1. The van der Waals surface area contributed by atoms with Crippen LogP contribution in [0.2, 0.25) is 0 Å². The van der Waals surface area contributed by atoms with E-state index in [0.29, 0.717) is 17.9 Å². The number of hydrogen-bond acceptors (Lipinski definition) is 3. The molecule has 3 heteroatoms. The molecule has 1 heterocycles. The van der Waals surface area contributed by atoms with E-state index in [0.717, 1.165) is 0 Å². The number of anilines is 1. The smallest absolute Gasteiger partial charge is 0.146 e. The fraction of sp³-hybridized carbons (Fsp3) is 0.200. The van der Waals surface area contributed by atoms with Crippen LogP contribution < -0.4 is 4.90 Å². The van der Waals surface area contributed by atoms with Gasteiger partial charge in [-0.1, -0.05) is 6.08 Å². The Morgan fingerprint density at radius 3 is 3.15 bits per heavy atom. The van der Waals surface area contributed by atoms with Crippen molar-refractivity contribution in [3.8, 4) is 6.07 Å². The highest BCUT2D eigenvalue weighted by molar-refractivity contribution is 5.53. The maximum atomic E-state index is 8.79. The Bertz CT molecular complexity index is 338. The minimum atomic E-state index is 0.590. The zero-order valence-corrected chi connectivity index (χ0v) is 7.57. The predicted molar refractivity (Wildman–Crippen MR) is 52.4 cm³/mol. The molecule has 13 heavy (non-hydrogen) atoms. The van der Waals surface area contributed by atoms with Crippen molar-refractivity contribution in [2.45, 2.75) is 0 Å². The van der Waals surface area contributed by atoms with Crippen molar-refractivity contribution in [1.29, 1.82) is 5.26 Å². The van der Waals surface area contributed by atoms with Gasteiger partial charge in [-0.15, -0.1) is 6.58 Å². The summed E-state index contributed by atoms with van der Waals surface area (Å²) in [6.07, 6.45) is 3.45. The average Bonchev–Trinajstić information content (AvgIpc) is 2.18. The third-order valence-electron chi connectivity index (χ3n) is 1.67. The van der Waals surface area contributed by atoms with Crippen molar-refractivity contribution < 1.29 is 0 Å². The van der Waals surface area contributed by atoms with Crippen LogP contribution in [0.1, 0.15) is 5.56 Å². The Hall–Kier alpha value is -1.82. The lowest BCUT2D eigenvalue weighted by Gasteiger charge is -2.16. The Morgan fingerprint density at radius 1 is 1.77 bits per heavy atom. The second-order valence-corrected chi connectivity index (χ2v) is 2.66. The first-order chi connectivity index (χ1) is 6.29. The Morgan fingerprint density at radius 2 is 2.54 bits per heavy atom. The van der Waals surface area contributed by atoms with E-state index in [1.165, 1.54) is 0 Å². The van der Waals surface area contributed by atoms with Crippen molar-refractivity contribution in [2.75, 3.05) is 18.5 Å². The summed E-state index contributed by atoms with van der Waals surface area (Å²) in [5.74, 6) is 0.699. The molecule has 0 N–H and O–H groups in total. The van der Waals surface area contributed by atoms with E-state index in [4.69, 9.17) is 5.26 Å². The highest BCUT2D eigenvalue weighted by Crippen LogP contribution is 2.13. The molecule has 0 spiro atoms. The molecule has 0 saturated carbocycles. The molecule has 0 amide bonds. The number of nitrogens with zero attached hydrogens (tertiary/aromatic N) is 3. The van der Waals surface area contributed by atoms with Gasteiger partial charge in [0.2, 0.25) is 0 Å². The monoisotopic (exact) mass is 173 g/mol. The molecule has 3 nitrogen and oxygen atoms in total. The van der Waals surface area contributed by atoms with Gasteiger partial charge in [0.05, 0.1) is 5.56 Å². The molecule has 0 aliphatic carbocycles. The first-order valence-corrected chi connectivity index (χ1v) is 3.96. The third kappa shape index (κ3) is 2.06. The van der Waals surface area contributed by atoms with E-state index in [9.17, 15) is 0 Å². The quantitative estimate of drug-likeness (QED) is 0.651. The molecule has 0 atom stereocenters. The molecule has 0 fully saturated rings. The summed E-state index contributed by atoms with van der Waals surface area (Å²) in [4.78, 5) is 6.00. The largest absolute Gasteiger partial charge is 0.355 e. The number of likely N-dealkylation sites (N-methyl/N-ethyl adjacent to an activating group) is 1. The second kappa shape index (κ2) is 4.27. The van der Waals surface area contributed by atoms with E-state index in [2.05, 4.69) is 17.6 Å². The van der Waals surface area contributed by atoms with Gasteiger partial charge in [-0.05, 0) is 12.1 Å². The number of nitriles is 1. The van der Waals surface area contributed by atoms with Crippen LogP contribution in [0.3, 0.4) is 0 Å². The highest BCUT2D eigenvalue weighted by Gasteiger charge is 2.05. The Balaban J connectivity index is 2.99. The maximum Gasteiger partial charge on any atom is 0.146 e. The number of hydrogen-bond donors (Lipinski definition) is 0. The van der Waals surface area contributed by atoms with Gasteiger partial charge >= 0.3 is 0 Å². The fourth-order valence-electron chi connectivity index (χ4n) is 1.07. The van der Waals surface area contributed by atoms with Gasteiger partial charge in [0.1, 0.15) is 11.9 Å². The van der Waals surface area contributed by atoms with Gasteiger partial charge in [0, 0.05) is 19.8 Å². The number of pyridine rings is 1. The molecule has 1 aromatic heterocycles. The lowest BCUT2D eigenvalue weighted by atomic mass is 10.2. The summed E-state index contributed by atoms with van der Waals surface area (Å²) < 4.78 is 0. The van der Waals surface area contributed by atoms with Crippen molar-refractivity contribution in [1.82, 2.24) is 4.98 Å². The summed E-state index contributed by atoms with van der Waals surface area (Å²) in [5, 5.41) is 8.79. The topological polar surface area (TPSA) is 39.9 Å². The highest BCUT2D eigenvalue weighted by atomic mass is 15.2. The minimum absolute atomic E-state index is 0.590.